The van der Waals surface area contributed by atoms with Gasteiger partial charge in [-0.3, -0.25) is 4.90 Å². The fraction of sp³-hybridized carbons (Fsp3) is 0.833. The lowest BCUT2D eigenvalue weighted by Gasteiger charge is -2.39. The van der Waals surface area contributed by atoms with Crippen LogP contribution in [-0.4, -0.2) is 53.7 Å². The zero-order valence-electron chi connectivity index (χ0n) is 11.9. The molecule has 2 aliphatic heterocycles. The number of fused-ring (bicyclic) bond motifs is 1. The van der Waals surface area contributed by atoms with E-state index in [1.807, 2.05) is 0 Å². The quantitative estimate of drug-likeness (QED) is 0.809. The molecule has 0 radical (unpaired) electrons. The Morgan fingerprint density at radius 3 is 2.73 bits per heavy atom. The Bertz CT molecular complexity index is 673. The second-order valence-electron chi connectivity index (χ2n) is 6.01. The van der Waals surface area contributed by atoms with Gasteiger partial charge in [0, 0.05) is 20.0 Å². The summed E-state index contributed by atoms with van der Waals surface area (Å²) >= 11 is 0. The Balaban J connectivity index is 1.90. The van der Waals surface area contributed by atoms with Gasteiger partial charge < -0.3 is 4.52 Å². The van der Waals surface area contributed by atoms with E-state index >= 15 is 0 Å². The van der Waals surface area contributed by atoms with Gasteiger partial charge in [0.15, 0.2) is 15.7 Å². The second-order valence-corrected chi connectivity index (χ2v) is 8.32. The van der Waals surface area contributed by atoms with E-state index in [1.165, 1.54) is 4.90 Å². The van der Waals surface area contributed by atoms with Crippen LogP contribution in [-0.2, 0) is 16.4 Å². The van der Waals surface area contributed by atoms with Gasteiger partial charge in [-0.05, 0) is 12.8 Å². The van der Waals surface area contributed by atoms with Crippen molar-refractivity contribution in [1.82, 2.24) is 15.0 Å². The lowest BCUT2D eigenvalue weighted by molar-refractivity contribution is -0.221. The molecule has 2 fully saturated rings. The van der Waals surface area contributed by atoms with Crippen molar-refractivity contribution in [2.24, 2.45) is 5.41 Å². The van der Waals surface area contributed by atoms with Crippen molar-refractivity contribution in [3.8, 4) is 0 Å². The number of halogens is 3. The van der Waals surface area contributed by atoms with Gasteiger partial charge >= 0.3 is 6.18 Å². The molecule has 1 aromatic heterocycles. The van der Waals surface area contributed by atoms with E-state index in [9.17, 15) is 21.6 Å². The zero-order valence-corrected chi connectivity index (χ0v) is 12.7. The number of aromatic nitrogens is 2. The minimum absolute atomic E-state index is 0.0491. The van der Waals surface area contributed by atoms with Crippen LogP contribution in [0, 0.1) is 12.3 Å². The van der Waals surface area contributed by atoms with E-state index in [-0.39, 0.29) is 44.1 Å². The van der Waals surface area contributed by atoms with Crippen LogP contribution < -0.4 is 0 Å². The van der Waals surface area contributed by atoms with Crippen LogP contribution in [0.3, 0.4) is 0 Å². The summed E-state index contributed by atoms with van der Waals surface area (Å²) in [6, 6.07) is 0. The fourth-order valence-electron chi connectivity index (χ4n) is 3.54. The van der Waals surface area contributed by atoms with Gasteiger partial charge in [-0.15, -0.1) is 0 Å². The van der Waals surface area contributed by atoms with Crippen LogP contribution in [0.5, 0.6) is 0 Å². The summed E-state index contributed by atoms with van der Waals surface area (Å²) in [5.41, 5.74) is -2.18. The molecule has 0 saturated carbocycles. The first-order chi connectivity index (χ1) is 10.1. The highest BCUT2D eigenvalue weighted by Gasteiger charge is 2.67. The Kier molecular flexibility index (Phi) is 3.52. The normalized spacial score (nSPS) is 32.1. The van der Waals surface area contributed by atoms with E-state index in [2.05, 4.69) is 10.1 Å². The van der Waals surface area contributed by atoms with Gasteiger partial charge in [0.2, 0.25) is 5.89 Å². The monoisotopic (exact) mass is 339 g/mol. The summed E-state index contributed by atoms with van der Waals surface area (Å²) in [6.07, 6.45) is -4.65. The lowest BCUT2D eigenvalue weighted by atomic mass is 9.81. The molecule has 0 amide bonds. The number of sulfone groups is 1. The predicted molar refractivity (Wildman–Crippen MR) is 69.6 cm³/mol. The molecule has 1 aromatic rings. The van der Waals surface area contributed by atoms with Crippen LogP contribution in [0.4, 0.5) is 13.2 Å². The summed E-state index contributed by atoms with van der Waals surface area (Å²) in [7, 11) is -3.75. The number of likely N-dealkylation sites (tertiary alicyclic amines) is 1. The SMILES string of the molecule is Cc1nc(CN2C[C@@H]3[C@@](C(F)(F)F)(CCCS3(=O)=O)C2)no1. The van der Waals surface area contributed by atoms with Crippen LogP contribution in [0.1, 0.15) is 24.6 Å². The highest BCUT2D eigenvalue weighted by atomic mass is 32.2. The van der Waals surface area contributed by atoms with Crippen molar-refractivity contribution in [3.63, 3.8) is 0 Å². The van der Waals surface area contributed by atoms with Crippen molar-refractivity contribution < 1.29 is 26.1 Å². The van der Waals surface area contributed by atoms with E-state index in [0.717, 1.165) is 0 Å². The van der Waals surface area contributed by atoms with Crippen LogP contribution in [0.15, 0.2) is 4.52 Å². The van der Waals surface area contributed by atoms with E-state index in [1.54, 1.807) is 6.92 Å². The minimum Gasteiger partial charge on any atom is -0.340 e. The molecule has 0 bridgehead atoms. The van der Waals surface area contributed by atoms with Crippen molar-refractivity contribution >= 4 is 9.84 Å². The van der Waals surface area contributed by atoms with Crippen LogP contribution in [0.2, 0.25) is 0 Å². The molecule has 2 aliphatic rings. The maximum atomic E-state index is 13.6. The maximum Gasteiger partial charge on any atom is 0.397 e. The van der Waals surface area contributed by atoms with Gasteiger partial charge in [0.05, 0.1) is 23.0 Å². The van der Waals surface area contributed by atoms with Crippen molar-refractivity contribution in [2.75, 3.05) is 18.8 Å². The van der Waals surface area contributed by atoms with Crippen molar-refractivity contribution in [1.29, 1.82) is 0 Å². The summed E-state index contributed by atoms with van der Waals surface area (Å²) in [6.45, 7) is 1.16. The van der Waals surface area contributed by atoms with Gasteiger partial charge in [-0.1, -0.05) is 5.16 Å². The number of hydrogen-bond donors (Lipinski definition) is 0. The molecule has 2 saturated heterocycles. The molecule has 3 heterocycles. The molecule has 0 spiro atoms. The molecule has 22 heavy (non-hydrogen) atoms. The molecule has 2 atom stereocenters. The number of alkyl halides is 3. The molecule has 0 aliphatic carbocycles. The molecule has 3 rings (SSSR count). The maximum absolute atomic E-state index is 13.6. The van der Waals surface area contributed by atoms with Crippen LogP contribution in [0.25, 0.3) is 0 Å². The van der Waals surface area contributed by atoms with E-state index < -0.39 is 26.7 Å². The Hall–Kier alpha value is -1.16. The summed E-state index contributed by atoms with van der Waals surface area (Å²) in [4.78, 5) is 5.43. The second kappa shape index (κ2) is 4.92. The molecule has 0 unspecified atom stereocenters. The third kappa shape index (κ3) is 2.41. The molecule has 10 heteroatoms. The van der Waals surface area contributed by atoms with Gasteiger partial charge in [-0.25, -0.2) is 8.42 Å². The standard InChI is InChI=1S/C12H16F3N3O3S/c1-8-16-10(17-21-8)6-18-5-9-11(7-18,12(13,14)15)3-2-4-22(9,19)20/h9H,2-7H2,1H3/t9-,11-/m1/s1. The minimum atomic E-state index is -4.55. The zero-order chi connectivity index (χ0) is 16.2. The summed E-state index contributed by atoms with van der Waals surface area (Å²) in [5.74, 6) is 0.417. The van der Waals surface area contributed by atoms with Gasteiger partial charge in [-0.2, -0.15) is 18.2 Å². The third-order valence-corrected chi connectivity index (χ3v) is 6.86. The van der Waals surface area contributed by atoms with Crippen molar-refractivity contribution in [2.45, 2.75) is 37.7 Å². The van der Waals surface area contributed by atoms with Crippen LogP contribution >= 0.6 is 0 Å². The molecular formula is C12H16F3N3O3S. The molecular weight excluding hydrogens is 323 g/mol. The first kappa shape index (κ1) is 15.7. The Morgan fingerprint density at radius 2 is 2.18 bits per heavy atom. The highest BCUT2D eigenvalue weighted by Crippen LogP contribution is 2.53. The first-order valence-electron chi connectivity index (χ1n) is 6.94. The number of hydrogen-bond acceptors (Lipinski definition) is 6. The summed E-state index contributed by atoms with van der Waals surface area (Å²) in [5, 5.41) is 2.26. The molecule has 0 aromatic carbocycles. The molecule has 124 valence electrons. The topological polar surface area (TPSA) is 76.3 Å². The average Bonchev–Trinajstić information content (AvgIpc) is 2.94. The van der Waals surface area contributed by atoms with E-state index in [0.29, 0.717) is 5.89 Å². The lowest BCUT2D eigenvalue weighted by Crippen LogP contribution is -2.53. The highest BCUT2D eigenvalue weighted by molar-refractivity contribution is 7.92. The number of rotatable bonds is 2. The van der Waals surface area contributed by atoms with E-state index in [4.69, 9.17) is 4.52 Å². The predicted octanol–water partition coefficient (Wildman–Crippen LogP) is 1.32. The number of aryl methyl sites for hydroxylation is 1. The summed E-state index contributed by atoms with van der Waals surface area (Å²) < 4.78 is 69.9. The van der Waals surface area contributed by atoms with Crippen molar-refractivity contribution in [3.05, 3.63) is 11.7 Å². The van der Waals surface area contributed by atoms with Gasteiger partial charge in [0.1, 0.15) is 0 Å². The largest absolute Gasteiger partial charge is 0.397 e. The molecule has 0 N–H and O–H groups in total. The fourth-order valence-corrected chi connectivity index (χ4v) is 5.83. The Morgan fingerprint density at radius 1 is 1.45 bits per heavy atom. The van der Waals surface area contributed by atoms with Gasteiger partial charge in [0.25, 0.3) is 0 Å². The Labute approximate surface area is 125 Å². The number of nitrogens with zero attached hydrogens (tertiary/aromatic N) is 3. The third-order valence-electron chi connectivity index (χ3n) is 4.53. The average molecular weight is 339 g/mol. The first-order valence-corrected chi connectivity index (χ1v) is 8.65. The molecule has 6 nitrogen and oxygen atoms in total. The smallest absolute Gasteiger partial charge is 0.340 e.